The predicted molar refractivity (Wildman–Crippen MR) is 101 cm³/mol. The standard InChI is InChI=1S/C21H19N3O2/c1-13-7-17(8-14(2)21(13)26)18-11-24-19(9-23-20(24)10-22-18)16-5-3-15(12-25)4-6-16/h3-11,25-26H,12H2,1-2H3. The Labute approximate surface area is 151 Å². The van der Waals surface area contributed by atoms with Gasteiger partial charge in [0.05, 0.1) is 30.4 Å². The topological polar surface area (TPSA) is 70.7 Å². The van der Waals surface area contributed by atoms with Gasteiger partial charge in [0, 0.05) is 17.3 Å². The number of nitrogens with zero attached hydrogens (tertiary/aromatic N) is 3. The summed E-state index contributed by atoms with van der Waals surface area (Å²) in [7, 11) is 0. The normalized spacial score (nSPS) is 11.2. The third-order valence-electron chi connectivity index (χ3n) is 4.62. The van der Waals surface area contributed by atoms with Crippen molar-refractivity contribution in [1.82, 2.24) is 14.4 Å². The Hall–Kier alpha value is -3.18. The van der Waals surface area contributed by atoms with Gasteiger partial charge >= 0.3 is 0 Å². The van der Waals surface area contributed by atoms with Gasteiger partial charge in [-0.2, -0.15) is 0 Å². The molecule has 0 amide bonds. The van der Waals surface area contributed by atoms with E-state index in [1.165, 1.54) is 0 Å². The second-order valence-electron chi connectivity index (χ2n) is 6.46. The van der Waals surface area contributed by atoms with Crippen LogP contribution in [0.25, 0.3) is 28.2 Å². The molecular weight excluding hydrogens is 326 g/mol. The molecule has 0 spiro atoms. The number of imidazole rings is 1. The second-order valence-corrected chi connectivity index (χ2v) is 6.46. The van der Waals surface area contributed by atoms with Crippen LogP contribution >= 0.6 is 0 Å². The largest absolute Gasteiger partial charge is 0.507 e. The lowest BCUT2D eigenvalue weighted by molar-refractivity contribution is 0.282. The highest BCUT2D eigenvalue weighted by molar-refractivity contribution is 5.68. The van der Waals surface area contributed by atoms with Gasteiger partial charge in [0.15, 0.2) is 5.65 Å². The van der Waals surface area contributed by atoms with Crippen molar-refractivity contribution < 1.29 is 10.2 Å². The summed E-state index contributed by atoms with van der Waals surface area (Å²) in [6, 6.07) is 11.6. The Morgan fingerprint density at radius 3 is 2.27 bits per heavy atom. The number of hydrogen-bond donors (Lipinski definition) is 2. The molecule has 0 aliphatic carbocycles. The fourth-order valence-electron chi connectivity index (χ4n) is 3.14. The zero-order valence-corrected chi connectivity index (χ0v) is 14.6. The maximum absolute atomic E-state index is 10.00. The Morgan fingerprint density at radius 2 is 1.62 bits per heavy atom. The second kappa shape index (κ2) is 6.28. The number of aryl methyl sites for hydroxylation is 2. The number of aliphatic hydroxyl groups excluding tert-OH is 1. The minimum atomic E-state index is 0.0288. The van der Waals surface area contributed by atoms with Crippen LogP contribution in [-0.4, -0.2) is 24.6 Å². The predicted octanol–water partition coefficient (Wildman–Crippen LogP) is 3.88. The van der Waals surface area contributed by atoms with Crippen LogP contribution in [0.1, 0.15) is 16.7 Å². The van der Waals surface area contributed by atoms with Gasteiger partial charge < -0.3 is 10.2 Å². The number of aromatic nitrogens is 3. The van der Waals surface area contributed by atoms with E-state index >= 15 is 0 Å². The first-order chi connectivity index (χ1) is 12.6. The molecule has 0 aliphatic heterocycles. The van der Waals surface area contributed by atoms with E-state index in [1.807, 2.05) is 67.0 Å². The van der Waals surface area contributed by atoms with E-state index in [2.05, 4.69) is 9.97 Å². The summed E-state index contributed by atoms with van der Waals surface area (Å²) < 4.78 is 2.01. The number of aliphatic hydroxyl groups is 1. The molecule has 2 aromatic heterocycles. The summed E-state index contributed by atoms with van der Waals surface area (Å²) in [6.45, 7) is 3.80. The molecule has 0 atom stereocenters. The quantitative estimate of drug-likeness (QED) is 0.591. The monoisotopic (exact) mass is 345 g/mol. The molecule has 5 heteroatoms. The van der Waals surface area contributed by atoms with Gasteiger partial charge in [-0.3, -0.25) is 9.38 Å². The van der Waals surface area contributed by atoms with Crippen LogP contribution in [0, 0.1) is 13.8 Å². The first kappa shape index (κ1) is 16.3. The highest BCUT2D eigenvalue weighted by atomic mass is 16.3. The molecule has 0 saturated heterocycles. The van der Waals surface area contributed by atoms with Gasteiger partial charge in [-0.25, -0.2) is 4.98 Å². The number of rotatable bonds is 3. The van der Waals surface area contributed by atoms with Gasteiger partial charge in [0.25, 0.3) is 0 Å². The maximum Gasteiger partial charge on any atom is 0.155 e. The average molecular weight is 345 g/mol. The van der Waals surface area contributed by atoms with Crippen LogP contribution < -0.4 is 0 Å². The molecule has 130 valence electrons. The van der Waals surface area contributed by atoms with Crippen molar-refractivity contribution in [2.24, 2.45) is 0 Å². The van der Waals surface area contributed by atoms with E-state index in [0.717, 1.165) is 44.9 Å². The van der Waals surface area contributed by atoms with Crippen molar-refractivity contribution >= 4 is 5.65 Å². The van der Waals surface area contributed by atoms with Crippen LogP contribution in [0.5, 0.6) is 5.75 Å². The lowest BCUT2D eigenvalue weighted by atomic mass is 10.0. The summed E-state index contributed by atoms with van der Waals surface area (Å²) in [4.78, 5) is 8.96. The number of aromatic hydroxyl groups is 1. The van der Waals surface area contributed by atoms with Crippen LogP contribution in [0.2, 0.25) is 0 Å². The molecule has 5 nitrogen and oxygen atoms in total. The molecular formula is C21H19N3O2. The van der Waals surface area contributed by atoms with Gasteiger partial charge in [0.1, 0.15) is 5.75 Å². The zero-order valence-electron chi connectivity index (χ0n) is 14.6. The maximum atomic E-state index is 10.00. The first-order valence-corrected chi connectivity index (χ1v) is 8.40. The van der Waals surface area contributed by atoms with E-state index in [9.17, 15) is 10.2 Å². The highest BCUT2D eigenvalue weighted by Gasteiger charge is 2.11. The Kier molecular flexibility index (Phi) is 3.93. The molecule has 2 heterocycles. The Balaban J connectivity index is 1.84. The number of benzene rings is 2. The molecule has 2 aromatic carbocycles. The average Bonchev–Trinajstić information content (AvgIpc) is 3.09. The van der Waals surface area contributed by atoms with Crippen LogP contribution in [0.4, 0.5) is 0 Å². The molecule has 2 N–H and O–H groups in total. The number of fused-ring (bicyclic) bond motifs is 1. The molecule has 26 heavy (non-hydrogen) atoms. The fraction of sp³-hybridized carbons (Fsp3) is 0.143. The molecule has 0 bridgehead atoms. The molecule has 0 fully saturated rings. The smallest absolute Gasteiger partial charge is 0.155 e. The lowest BCUT2D eigenvalue weighted by Crippen LogP contribution is -1.94. The van der Waals surface area contributed by atoms with E-state index in [4.69, 9.17) is 0 Å². The third kappa shape index (κ3) is 2.72. The summed E-state index contributed by atoms with van der Waals surface area (Å²) in [6.07, 6.45) is 5.53. The van der Waals surface area contributed by atoms with Gasteiger partial charge in [-0.05, 0) is 42.7 Å². The fourth-order valence-corrected chi connectivity index (χ4v) is 3.14. The summed E-state index contributed by atoms with van der Waals surface area (Å²) in [5.41, 5.74) is 7.04. The minimum Gasteiger partial charge on any atom is -0.507 e. The molecule has 0 radical (unpaired) electrons. The van der Waals surface area contributed by atoms with Gasteiger partial charge in [0.2, 0.25) is 0 Å². The van der Waals surface area contributed by atoms with Crippen molar-refractivity contribution in [3.8, 4) is 28.3 Å². The molecule has 4 aromatic rings. The Bertz CT molecular complexity index is 1080. The van der Waals surface area contributed by atoms with Gasteiger partial charge in [-0.1, -0.05) is 24.3 Å². The van der Waals surface area contributed by atoms with Crippen molar-refractivity contribution in [1.29, 1.82) is 0 Å². The molecule has 0 aliphatic rings. The van der Waals surface area contributed by atoms with Crippen molar-refractivity contribution in [2.75, 3.05) is 0 Å². The van der Waals surface area contributed by atoms with Crippen LogP contribution in [-0.2, 0) is 6.61 Å². The SMILES string of the molecule is Cc1cc(-c2cn3c(-c4ccc(CO)cc4)cnc3cn2)cc(C)c1O. The zero-order chi connectivity index (χ0) is 18.3. The van der Waals surface area contributed by atoms with Crippen LogP contribution in [0.15, 0.2) is 55.0 Å². The number of hydrogen-bond acceptors (Lipinski definition) is 4. The van der Waals surface area contributed by atoms with E-state index in [-0.39, 0.29) is 6.61 Å². The van der Waals surface area contributed by atoms with Crippen molar-refractivity contribution in [3.05, 3.63) is 71.7 Å². The first-order valence-electron chi connectivity index (χ1n) is 8.40. The molecule has 4 rings (SSSR count). The summed E-state index contributed by atoms with van der Waals surface area (Å²) in [5.74, 6) is 0.321. The third-order valence-corrected chi connectivity index (χ3v) is 4.62. The lowest BCUT2D eigenvalue weighted by Gasteiger charge is -2.09. The van der Waals surface area contributed by atoms with Crippen molar-refractivity contribution in [3.63, 3.8) is 0 Å². The molecule has 0 unspecified atom stereocenters. The van der Waals surface area contributed by atoms with E-state index in [0.29, 0.717) is 5.75 Å². The summed E-state index contributed by atoms with van der Waals surface area (Å²) >= 11 is 0. The number of phenolic OH excluding ortho intramolecular Hbond substituents is 1. The van der Waals surface area contributed by atoms with Crippen molar-refractivity contribution in [2.45, 2.75) is 20.5 Å². The highest BCUT2D eigenvalue weighted by Crippen LogP contribution is 2.29. The van der Waals surface area contributed by atoms with Crippen LogP contribution in [0.3, 0.4) is 0 Å². The minimum absolute atomic E-state index is 0.0288. The van der Waals surface area contributed by atoms with Gasteiger partial charge in [-0.15, -0.1) is 0 Å². The number of phenols is 1. The van der Waals surface area contributed by atoms with E-state index in [1.54, 1.807) is 6.20 Å². The summed E-state index contributed by atoms with van der Waals surface area (Å²) in [5, 5.41) is 19.2. The van der Waals surface area contributed by atoms with E-state index < -0.39 is 0 Å². The molecule has 0 saturated carbocycles. The Morgan fingerprint density at radius 1 is 0.923 bits per heavy atom.